The molecule has 0 saturated heterocycles. The van der Waals surface area contributed by atoms with Crippen molar-refractivity contribution in [2.24, 2.45) is 0 Å². The first-order valence-electron chi connectivity index (χ1n) is 5.96. The van der Waals surface area contributed by atoms with Gasteiger partial charge in [0, 0.05) is 12.0 Å². The van der Waals surface area contributed by atoms with Crippen LogP contribution < -0.4 is 10.1 Å². The summed E-state index contributed by atoms with van der Waals surface area (Å²) in [4.78, 5) is 21.2. The Kier molecular flexibility index (Phi) is 4.89. The number of carbonyl (C=O) groups is 2. The molecule has 4 nitrogen and oxygen atoms in total. The summed E-state index contributed by atoms with van der Waals surface area (Å²) >= 11 is 0. The van der Waals surface area contributed by atoms with Crippen molar-refractivity contribution in [2.75, 3.05) is 13.2 Å². The zero-order valence-electron chi connectivity index (χ0n) is 11.0. The molecule has 0 aromatic heterocycles. The van der Waals surface area contributed by atoms with E-state index in [1.165, 1.54) is 0 Å². The molecular formula is C14H19NO3. The number of hydrogen-bond donors (Lipinski definition) is 1. The monoisotopic (exact) mass is 249 g/mol. The predicted molar refractivity (Wildman–Crippen MR) is 69.7 cm³/mol. The van der Waals surface area contributed by atoms with E-state index in [1.54, 1.807) is 0 Å². The summed E-state index contributed by atoms with van der Waals surface area (Å²) in [6.45, 7) is 7.00. The fourth-order valence-corrected chi connectivity index (χ4v) is 1.62. The molecule has 0 bridgehead atoms. The molecule has 18 heavy (non-hydrogen) atoms. The van der Waals surface area contributed by atoms with Crippen molar-refractivity contribution >= 4 is 12.2 Å². The Hall–Kier alpha value is -1.84. The van der Waals surface area contributed by atoms with E-state index in [2.05, 4.69) is 5.32 Å². The fourth-order valence-electron chi connectivity index (χ4n) is 1.62. The first-order valence-corrected chi connectivity index (χ1v) is 5.96. The van der Waals surface area contributed by atoms with Gasteiger partial charge in [0.1, 0.15) is 5.75 Å². The molecule has 0 aliphatic carbocycles. The summed E-state index contributed by atoms with van der Waals surface area (Å²) in [5.74, 6) is 0.239. The fraction of sp³-hybridized carbons (Fsp3) is 0.429. The quantitative estimate of drug-likeness (QED) is 0.616. The zero-order chi connectivity index (χ0) is 13.6. The molecule has 98 valence electrons. The largest absolute Gasteiger partial charge is 0.494 e. The average molecular weight is 249 g/mol. The highest BCUT2D eigenvalue weighted by Crippen LogP contribution is 2.24. The molecule has 1 rings (SSSR count). The number of carbonyl (C=O) groups excluding carboxylic acids is 2. The van der Waals surface area contributed by atoms with Gasteiger partial charge in [0.2, 0.25) is 6.29 Å². The van der Waals surface area contributed by atoms with Crippen LogP contribution in [0.5, 0.6) is 5.75 Å². The SMILES string of the molecule is CCOc1ccc(C(C)(C)CNC(=O)C=O)cc1. The molecule has 0 aliphatic heterocycles. The standard InChI is InChI=1S/C14H19NO3/c1-4-18-12-7-5-11(6-8-12)14(2,3)10-15-13(17)9-16/h5-9H,4,10H2,1-3H3,(H,15,17). The molecular weight excluding hydrogens is 230 g/mol. The highest BCUT2D eigenvalue weighted by molar-refractivity contribution is 6.23. The second-order valence-electron chi connectivity index (χ2n) is 4.68. The third kappa shape index (κ3) is 3.87. The molecule has 0 fully saturated rings. The van der Waals surface area contributed by atoms with Crippen LogP contribution in [0.25, 0.3) is 0 Å². The number of rotatable bonds is 6. The van der Waals surface area contributed by atoms with E-state index in [9.17, 15) is 9.59 Å². The summed E-state index contributed by atoms with van der Waals surface area (Å²) in [5, 5.41) is 2.57. The third-order valence-corrected chi connectivity index (χ3v) is 2.76. The van der Waals surface area contributed by atoms with Crippen molar-refractivity contribution in [3.8, 4) is 5.75 Å². The van der Waals surface area contributed by atoms with Gasteiger partial charge in [-0.25, -0.2) is 0 Å². The minimum Gasteiger partial charge on any atom is -0.494 e. The average Bonchev–Trinajstić information content (AvgIpc) is 2.37. The van der Waals surface area contributed by atoms with E-state index in [4.69, 9.17) is 4.74 Å². The Labute approximate surface area is 107 Å². The Bertz CT molecular complexity index is 410. The maximum absolute atomic E-state index is 10.9. The van der Waals surface area contributed by atoms with E-state index >= 15 is 0 Å². The minimum atomic E-state index is -0.589. The van der Waals surface area contributed by atoms with Crippen molar-refractivity contribution in [3.63, 3.8) is 0 Å². The summed E-state index contributed by atoms with van der Waals surface area (Å²) in [7, 11) is 0. The van der Waals surface area contributed by atoms with Crippen LogP contribution >= 0.6 is 0 Å². The third-order valence-electron chi connectivity index (χ3n) is 2.76. The molecule has 1 amide bonds. The van der Waals surface area contributed by atoms with Gasteiger partial charge in [0.15, 0.2) is 0 Å². The van der Waals surface area contributed by atoms with Gasteiger partial charge in [-0.2, -0.15) is 0 Å². The van der Waals surface area contributed by atoms with E-state index in [1.807, 2.05) is 45.0 Å². The maximum atomic E-state index is 10.9. The topological polar surface area (TPSA) is 55.4 Å². The second kappa shape index (κ2) is 6.19. The summed E-state index contributed by atoms with van der Waals surface area (Å²) < 4.78 is 5.37. The lowest BCUT2D eigenvalue weighted by atomic mass is 9.84. The van der Waals surface area contributed by atoms with E-state index in [0.717, 1.165) is 11.3 Å². The molecule has 0 unspecified atom stereocenters. The van der Waals surface area contributed by atoms with Crippen molar-refractivity contribution < 1.29 is 14.3 Å². The Morgan fingerprint density at radius 2 is 1.94 bits per heavy atom. The van der Waals surface area contributed by atoms with Crippen LogP contribution in [0.1, 0.15) is 26.3 Å². The van der Waals surface area contributed by atoms with Crippen molar-refractivity contribution in [1.82, 2.24) is 5.32 Å². The van der Waals surface area contributed by atoms with Gasteiger partial charge >= 0.3 is 0 Å². The Morgan fingerprint density at radius 3 is 2.44 bits per heavy atom. The van der Waals surface area contributed by atoms with Gasteiger partial charge in [-0.05, 0) is 24.6 Å². The van der Waals surface area contributed by atoms with Gasteiger partial charge in [0.05, 0.1) is 6.61 Å². The molecule has 0 spiro atoms. The van der Waals surface area contributed by atoms with Crippen LogP contribution in [0, 0.1) is 0 Å². The number of amides is 1. The number of nitrogens with one attached hydrogen (secondary N) is 1. The number of hydrogen-bond acceptors (Lipinski definition) is 3. The van der Waals surface area contributed by atoms with E-state index in [0.29, 0.717) is 13.2 Å². The van der Waals surface area contributed by atoms with Crippen molar-refractivity contribution in [1.29, 1.82) is 0 Å². The van der Waals surface area contributed by atoms with Gasteiger partial charge in [0.25, 0.3) is 5.91 Å². The maximum Gasteiger partial charge on any atom is 0.284 e. The number of aldehydes is 1. The second-order valence-corrected chi connectivity index (χ2v) is 4.68. The first-order chi connectivity index (χ1) is 8.49. The van der Waals surface area contributed by atoms with Crippen LogP contribution in [0.4, 0.5) is 0 Å². The Balaban J connectivity index is 2.71. The van der Waals surface area contributed by atoms with Gasteiger partial charge < -0.3 is 10.1 Å². The van der Waals surface area contributed by atoms with E-state index < -0.39 is 5.91 Å². The van der Waals surface area contributed by atoms with Gasteiger partial charge in [-0.3, -0.25) is 9.59 Å². The molecule has 0 atom stereocenters. The van der Waals surface area contributed by atoms with Crippen molar-refractivity contribution in [3.05, 3.63) is 29.8 Å². The number of ether oxygens (including phenoxy) is 1. The normalized spacial score (nSPS) is 10.8. The molecule has 4 heteroatoms. The molecule has 0 radical (unpaired) electrons. The lowest BCUT2D eigenvalue weighted by Crippen LogP contribution is -2.37. The van der Waals surface area contributed by atoms with Gasteiger partial charge in [-0.1, -0.05) is 26.0 Å². The molecule has 1 aromatic carbocycles. The van der Waals surface area contributed by atoms with Crippen LogP contribution in [0.15, 0.2) is 24.3 Å². The van der Waals surface area contributed by atoms with Crippen LogP contribution in [-0.4, -0.2) is 25.3 Å². The molecule has 0 aliphatic rings. The summed E-state index contributed by atoms with van der Waals surface area (Å²) in [6, 6.07) is 7.75. The highest BCUT2D eigenvalue weighted by Gasteiger charge is 2.21. The number of benzene rings is 1. The Morgan fingerprint density at radius 1 is 1.33 bits per heavy atom. The predicted octanol–water partition coefficient (Wildman–Crippen LogP) is 1.68. The van der Waals surface area contributed by atoms with Crippen LogP contribution in [0.3, 0.4) is 0 Å². The first kappa shape index (κ1) is 14.2. The van der Waals surface area contributed by atoms with Gasteiger partial charge in [-0.15, -0.1) is 0 Å². The minimum absolute atomic E-state index is 0.233. The highest BCUT2D eigenvalue weighted by atomic mass is 16.5. The van der Waals surface area contributed by atoms with E-state index in [-0.39, 0.29) is 11.7 Å². The van der Waals surface area contributed by atoms with Crippen LogP contribution in [-0.2, 0) is 15.0 Å². The smallest absolute Gasteiger partial charge is 0.284 e. The zero-order valence-corrected chi connectivity index (χ0v) is 11.0. The lowest BCUT2D eigenvalue weighted by Gasteiger charge is -2.25. The molecule has 1 N–H and O–H groups in total. The van der Waals surface area contributed by atoms with Crippen molar-refractivity contribution in [2.45, 2.75) is 26.2 Å². The molecule has 0 heterocycles. The molecule has 1 aromatic rings. The van der Waals surface area contributed by atoms with Crippen LogP contribution in [0.2, 0.25) is 0 Å². The molecule has 0 saturated carbocycles. The summed E-state index contributed by atoms with van der Waals surface area (Å²) in [6.07, 6.45) is 0.286. The lowest BCUT2D eigenvalue weighted by molar-refractivity contribution is -0.131. The summed E-state index contributed by atoms with van der Waals surface area (Å²) in [5.41, 5.74) is 0.848.